The predicted octanol–water partition coefficient (Wildman–Crippen LogP) is 6.95. The van der Waals surface area contributed by atoms with Crippen molar-refractivity contribution in [2.75, 3.05) is 0 Å². The van der Waals surface area contributed by atoms with E-state index in [1.165, 1.54) is 12.1 Å². The molecule has 0 fully saturated rings. The van der Waals surface area contributed by atoms with E-state index in [0.29, 0.717) is 6.61 Å². The molecule has 0 aliphatic carbocycles. The Kier molecular flexibility index (Phi) is 6.16. The molecule has 0 aliphatic rings. The summed E-state index contributed by atoms with van der Waals surface area (Å²) < 4.78 is 24.6. The van der Waals surface area contributed by atoms with Gasteiger partial charge in [0.05, 0.1) is 5.69 Å². The molecule has 0 aliphatic heterocycles. The van der Waals surface area contributed by atoms with Crippen molar-refractivity contribution in [3.63, 3.8) is 0 Å². The molecule has 0 N–H and O–H groups in total. The topological polar surface area (TPSA) is 30.8 Å². The number of hydrogen-bond acceptors (Lipinski definition) is 3. The van der Waals surface area contributed by atoms with Crippen LogP contribution in [0.2, 0.25) is 0 Å². The number of aliphatic imine (C=N–C) groups is 1. The van der Waals surface area contributed by atoms with E-state index in [1.807, 2.05) is 78.9 Å². The van der Waals surface area contributed by atoms with E-state index in [9.17, 15) is 4.39 Å². The molecular formula is C26H20FNO2. The van der Waals surface area contributed by atoms with Gasteiger partial charge < -0.3 is 9.47 Å². The van der Waals surface area contributed by atoms with Crippen LogP contribution in [0.25, 0.3) is 0 Å². The molecule has 30 heavy (non-hydrogen) atoms. The van der Waals surface area contributed by atoms with Crippen LogP contribution in [-0.4, -0.2) is 6.21 Å². The van der Waals surface area contributed by atoms with Crippen molar-refractivity contribution >= 4 is 11.9 Å². The number of para-hydroxylation sites is 1. The van der Waals surface area contributed by atoms with Gasteiger partial charge in [0, 0.05) is 6.21 Å². The number of halogens is 1. The normalized spacial score (nSPS) is 10.8. The average molecular weight is 397 g/mol. The van der Waals surface area contributed by atoms with E-state index in [4.69, 9.17) is 9.47 Å². The first kappa shape index (κ1) is 19.4. The highest BCUT2D eigenvalue weighted by atomic mass is 19.1. The van der Waals surface area contributed by atoms with Crippen molar-refractivity contribution in [3.8, 4) is 17.2 Å². The minimum Gasteiger partial charge on any atom is -0.489 e. The predicted molar refractivity (Wildman–Crippen MR) is 117 cm³/mol. The molecule has 0 bridgehead atoms. The third-order valence-electron chi connectivity index (χ3n) is 4.36. The zero-order valence-corrected chi connectivity index (χ0v) is 16.2. The second kappa shape index (κ2) is 9.52. The minimum absolute atomic E-state index is 0.253. The molecule has 4 aromatic rings. The summed E-state index contributed by atoms with van der Waals surface area (Å²) in [6, 6.07) is 31.2. The second-order valence-electron chi connectivity index (χ2n) is 6.65. The molecule has 0 heterocycles. The van der Waals surface area contributed by atoms with Crippen LogP contribution in [0, 0.1) is 5.82 Å². The summed E-state index contributed by atoms with van der Waals surface area (Å²) in [7, 11) is 0. The lowest BCUT2D eigenvalue weighted by Crippen LogP contribution is -1.96. The number of nitrogens with zero attached hydrogens (tertiary/aromatic N) is 1. The van der Waals surface area contributed by atoms with Crippen molar-refractivity contribution in [3.05, 3.63) is 120 Å². The Balaban J connectivity index is 1.36. The molecule has 4 rings (SSSR count). The fraction of sp³-hybridized carbons (Fsp3) is 0.0385. The van der Waals surface area contributed by atoms with Gasteiger partial charge in [0.2, 0.25) is 0 Å². The van der Waals surface area contributed by atoms with Crippen molar-refractivity contribution in [1.29, 1.82) is 0 Å². The van der Waals surface area contributed by atoms with E-state index in [0.717, 1.165) is 34.1 Å². The first-order chi connectivity index (χ1) is 14.7. The van der Waals surface area contributed by atoms with Crippen LogP contribution in [0.5, 0.6) is 17.2 Å². The van der Waals surface area contributed by atoms with Gasteiger partial charge in [0.15, 0.2) is 0 Å². The van der Waals surface area contributed by atoms with Crippen LogP contribution in [-0.2, 0) is 6.61 Å². The van der Waals surface area contributed by atoms with Gasteiger partial charge in [-0.15, -0.1) is 0 Å². The van der Waals surface area contributed by atoms with Gasteiger partial charge in [-0.05, 0) is 71.8 Å². The second-order valence-corrected chi connectivity index (χ2v) is 6.65. The largest absolute Gasteiger partial charge is 0.489 e. The van der Waals surface area contributed by atoms with Crippen LogP contribution in [0.15, 0.2) is 108 Å². The summed E-state index contributed by atoms with van der Waals surface area (Å²) in [4.78, 5) is 4.52. The van der Waals surface area contributed by atoms with E-state index in [-0.39, 0.29) is 5.82 Å². The molecule has 3 nitrogen and oxygen atoms in total. The monoisotopic (exact) mass is 397 g/mol. The standard InChI is InChI=1S/C26H20FNO2/c27-22-11-9-20(10-12-22)19-29-26-8-4-5-21(17-26)18-28-23-13-15-25(16-14-23)30-24-6-2-1-3-7-24/h1-18H,19H2. The molecule has 0 atom stereocenters. The third-order valence-corrected chi connectivity index (χ3v) is 4.36. The highest BCUT2D eigenvalue weighted by Gasteiger charge is 1.99. The Morgan fingerprint density at radius 1 is 0.700 bits per heavy atom. The van der Waals surface area contributed by atoms with Crippen LogP contribution < -0.4 is 9.47 Å². The Labute approximate surface area is 175 Å². The molecule has 4 heteroatoms. The van der Waals surface area contributed by atoms with E-state index in [2.05, 4.69) is 4.99 Å². The summed E-state index contributed by atoms with van der Waals surface area (Å²) >= 11 is 0. The van der Waals surface area contributed by atoms with Crippen LogP contribution in [0.1, 0.15) is 11.1 Å². The molecule has 0 aromatic heterocycles. The zero-order valence-electron chi connectivity index (χ0n) is 16.2. The fourth-order valence-electron chi connectivity index (χ4n) is 2.81. The summed E-state index contributed by atoms with van der Waals surface area (Å²) in [6.45, 7) is 0.379. The molecule has 0 saturated carbocycles. The van der Waals surface area contributed by atoms with Gasteiger partial charge >= 0.3 is 0 Å². The van der Waals surface area contributed by atoms with Gasteiger partial charge in [-0.25, -0.2) is 4.39 Å². The lowest BCUT2D eigenvalue weighted by Gasteiger charge is -2.07. The number of hydrogen-bond donors (Lipinski definition) is 0. The number of benzene rings is 4. The summed E-state index contributed by atoms with van der Waals surface area (Å²) in [5.74, 6) is 2.04. The quantitative estimate of drug-likeness (QED) is 0.316. The van der Waals surface area contributed by atoms with Gasteiger partial charge in [0.25, 0.3) is 0 Å². The fourth-order valence-corrected chi connectivity index (χ4v) is 2.81. The molecule has 0 radical (unpaired) electrons. The van der Waals surface area contributed by atoms with Crippen LogP contribution in [0.3, 0.4) is 0 Å². The maximum atomic E-state index is 13.0. The summed E-state index contributed by atoms with van der Waals surface area (Å²) in [5.41, 5.74) is 2.66. The zero-order chi connectivity index (χ0) is 20.6. The van der Waals surface area contributed by atoms with Gasteiger partial charge in [-0.3, -0.25) is 4.99 Å². The maximum Gasteiger partial charge on any atom is 0.127 e. The Morgan fingerprint density at radius 2 is 1.40 bits per heavy atom. The van der Waals surface area contributed by atoms with E-state index < -0.39 is 0 Å². The Morgan fingerprint density at radius 3 is 2.17 bits per heavy atom. The summed E-state index contributed by atoms with van der Waals surface area (Å²) in [5, 5.41) is 0. The molecule has 0 spiro atoms. The van der Waals surface area contributed by atoms with Crippen LogP contribution >= 0.6 is 0 Å². The maximum absolute atomic E-state index is 13.0. The van der Waals surface area contributed by atoms with E-state index >= 15 is 0 Å². The molecule has 0 saturated heterocycles. The van der Waals surface area contributed by atoms with Gasteiger partial charge in [-0.1, -0.05) is 42.5 Å². The Hall–Kier alpha value is -3.92. The van der Waals surface area contributed by atoms with Crippen molar-refractivity contribution in [2.45, 2.75) is 6.61 Å². The first-order valence-corrected chi connectivity index (χ1v) is 9.59. The summed E-state index contributed by atoms with van der Waals surface area (Å²) in [6.07, 6.45) is 1.79. The first-order valence-electron chi connectivity index (χ1n) is 9.59. The van der Waals surface area contributed by atoms with Crippen molar-refractivity contribution in [2.24, 2.45) is 4.99 Å². The van der Waals surface area contributed by atoms with Crippen molar-refractivity contribution < 1.29 is 13.9 Å². The number of rotatable bonds is 7. The third kappa shape index (κ3) is 5.55. The molecule has 148 valence electrons. The average Bonchev–Trinajstić information content (AvgIpc) is 2.79. The number of ether oxygens (including phenoxy) is 2. The van der Waals surface area contributed by atoms with Gasteiger partial charge in [-0.2, -0.15) is 0 Å². The SMILES string of the molecule is Fc1ccc(COc2cccc(C=Nc3ccc(Oc4ccccc4)cc3)c2)cc1. The Bertz CT molecular complexity index is 1110. The highest BCUT2D eigenvalue weighted by Crippen LogP contribution is 2.24. The minimum atomic E-state index is -0.253. The van der Waals surface area contributed by atoms with Crippen LogP contribution in [0.4, 0.5) is 10.1 Å². The lowest BCUT2D eigenvalue weighted by atomic mass is 10.2. The van der Waals surface area contributed by atoms with Gasteiger partial charge in [0.1, 0.15) is 29.7 Å². The lowest BCUT2D eigenvalue weighted by molar-refractivity contribution is 0.306. The molecular weight excluding hydrogens is 377 g/mol. The smallest absolute Gasteiger partial charge is 0.127 e. The molecule has 4 aromatic carbocycles. The van der Waals surface area contributed by atoms with Crippen molar-refractivity contribution in [1.82, 2.24) is 0 Å². The molecule has 0 amide bonds. The highest BCUT2D eigenvalue weighted by molar-refractivity contribution is 5.82. The molecule has 0 unspecified atom stereocenters. The van der Waals surface area contributed by atoms with E-state index in [1.54, 1.807) is 18.3 Å².